The predicted octanol–water partition coefficient (Wildman–Crippen LogP) is 2.46. The first-order valence-corrected chi connectivity index (χ1v) is 5.01. The number of carbonyl (C=O) groups excluding carboxylic acids is 1. The molecule has 0 fully saturated rings. The zero-order valence-electron chi connectivity index (χ0n) is 9.18. The first-order valence-electron chi connectivity index (χ1n) is 5.01. The minimum Gasteiger partial charge on any atom is -0.497 e. The molecule has 0 unspecified atom stereocenters. The van der Waals surface area contributed by atoms with Gasteiger partial charge in [-0.25, -0.2) is 4.98 Å². The second kappa shape index (κ2) is 4.74. The van der Waals surface area contributed by atoms with E-state index in [2.05, 4.69) is 4.98 Å². The van der Waals surface area contributed by atoms with Crippen LogP contribution in [0.2, 0.25) is 0 Å². The van der Waals surface area contributed by atoms with Crippen molar-refractivity contribution in [3.05, 3.63) is 59.7 Å². The molecule has 0 spiro atoms. The fraction of sp³-hybridized carbons (Fsp3) is 0.0769. The van der Waals surface area contributed by atoms with Gasteiger partial charge in [0.2, 0.25) is 5.95 Å². The van der Waals surface area contributed by atoms with Gasteiger partial charge in [-0.2, -0.15) is 4.39 Å². The molecule has 3 nitrogen and oxygen atoms in total. The molecule has 0 N–H and O–H groups in total. The van der Waals surface area contributed by atoms with Crippen molar-refractivity contribution in [3.8, 4) is 5.75 Å². The Bertz CT molecular complexity index is 537. The van der Waals surface area contributed by atoms with Crippen LogP contribution in [-0.2, 0) is 0 Å². The van der Waals surface area contributed by atoms with E-state index in [4.69, 9.17) is 4.74 Å². The van der Waals surface area contributed by atoms with E-state index in [0.29, 0.717) is 11.3 Å². The van der Waals surface area contributed by atoms with Gasteiger partial charge in [-0.3, -0.25) is 4.79 Å². The molecule has 1 aromatic carbocycles. The molecule has 0 atom stereocenters. The SMILES string of the molecule is COc1ccc(C(=O)c2cccnc2F)cc1. The summed E-state index contributed by atoms with van der Waals surface area (Å²) in [7, 11) is 1.54. The summed E-state index contributed by atoms with van der Waals surface area (Å²) in [4.78, 5) is 15.4. The van der Waals surface area contributed by atoms with Crippen molar-refractivity contribution in [2.45, 2.75) is 0 Å². The van der Waals surface area contributed by atoms with Gasteiger partial charge in [0.15, 0.2) is 5.78 Å². The lowest BCUT2D eigenvalue weighted by Crippen LogP contribution is -2.05. The average molecular weight is 231 g/mol. The highest BCUT2D eigenvalue weighted by molar-refractivity contribution is 6.08. The molecule has 0 radical (unpaired) electrons. The minimum absolute atomic E-state index is 0.0299. The van der Waals surface area contributed by atoms with Crippen LogP contribution in [0.25, 0.3) is 0 Å². The van der Waals surface area contributed by atoms with E-state index in [9.17, 15) is 9.18 Å². The fourth-order valence-corrected chi connectivity index (χ4v) is 1.45. The van der Waals surface area contributed by atoms with Crippen LogP contribution < -0.4 is 4.74 Å². The third kappa shape index (κ3) is 2.30. The molecule has 0 aliphatic heterocycles. The average Bonchev–Trinajstić information content (AvgIpc) is 2.39. The van der Waals surface area contributed by atoms with E-state index in [1.807, 2.05) is 0 Å². The number of aromatic nitrogens is 1. The Balaban J connectivity index is 2.34. The number of rotatable bonds is 3. The summed E-state index contributed by atoms with van der Waals surface area (Å²) in [6.45, 7) is 0. The van der Waals surface area contributed by atoms with Crippen LogP contribution in [0.15, 0.2) is 42.6 Å². The van der Waals surface area contributed by atoms with Crippen molar-refractivity contribution in [1.82, 2.24) is 4.98 Å². The molecular formula is C13H10FNO2. The number of ether oxygens (including phenoxy) is 1. The smallest absolute Gasteiger partial charge is 0.224 e. The van der Waals surface area contributed by atoms with E-state index >= 15 is 0 Å². The summed E-state index contributed by atoms with van der Waals surface area (Å²) in [6, 6.07) is 9.43. The summed E-state index contributed by atoms with van der Waals surface area (Å²) in [6.07, 6.45) is 1.31. The number of halogens is 1. The van der Waals surface area contributed by atoms with Crippen LogP contribution in [0.5, 0.6) is 5.75 Å². The Morgan fingerprint density at radius 3 is 2.53 bits per heavy atom. The van der Waals surface area contributed by atoms with Gasteiger partial charge < -0.3 is 4.74 Å². The van der Waals surface area contributed by atoms with Gasteiger partial charge in [0.25, 0.3) is 0 Å². The van der Waals surface area contributed by atoms with Crippen LogP contribution in [0, 0.1) is 5.95 Å². The second-order valence-electron chi connectivity index (χ2n) is 3.40. The second-order valence-corrected chi connectivity index (χ2v) is 3.40. The monoisotopic (exact) mass is 231 g/mol. The highest BCUT2D eigenvalue weighted by atomic mass is 19.1. The Morgan fingerprint density at radius 2 is 1.94 bits per heavy atom. The molecule has 0 aliphatic carbocycles. The van der Waals surface area contributed by atoms with E-state index in [-0.39, 0.29) is 5.56 Å². The lowest BCUT2D eigenvalue weighted by molar-refractivity contribution is 0.103. The first kappa shape index (κ1) is 11.3. The topological polar surface area (TPSA) is 39.2 Å². The molecule has 0 amide bonds. The number of benzene rings is 1. The largest absolute Gasteiger partial charge is 0.497 e. The van der Waals surface area contributed by atoms with Crippen LogP contribution in [0.1, 0.15) is 15.9 Å². The summed E-state index contributed by atoms with van der Waals surface area (Å²) in [5.41, 5.74) is 0.371. The fourth-order valence-electron chi connectivity index (χ4n) is 1.45. The van der Waals surface area contributed by atoms with Gasteiger partial charge in [-0.1, -0.05) is 0 Å². The highest BCUT2D eigenvalue weighted by Crippen LogP contribution is 2.15. The van der Waals surface area contributed by atoms with E-state index in [1.165, 1.54) is 25.4 Å². The van der Waals surface area contributed by atoms with Gasteiger partial charge in [-0.05, 0) is 36.4 Å². The molecule has 86 valence electrons. The zero-order chi connectivity index (χ0) is 12.3. The van der Waals surface area contributed by atoms with Gasteiger partial charge in [0.1, 0.15) is 5.75 Å². The zero-order valence-corrected chi connectivity index (χ0v) is 9.18. The predicted molar refractivity (Wildman–Crippen MR) is 60.6 cm³/mol. The maximum absolute atomic E-state index is 13.3. The lowest BCUT2D eigenvalue weighted by Gasteiger charge is -2.03. The quantitative estimate of drug-likeness (QED) is 0.601. The maximum Gasteiger partial charge on any atom is 0.224 e. The number of pyridine rings is 1. The van der Waals surface area contributed by atoms with Gasteiger partial charge >= 0.3 is 0 Å². The summed E-state index contributed by atoms with van der Waals surface area (Å²) >= 11 is 0. The Hall–Kier alpha value is -2.23. The Kier molecular flexibility index (Phi) is 3.14. The molecule has 17 heavy (non-hydrogen) atoms. The number of nitrogens with zero attached hydrogens (tertiary/aromatic N) is 1. The van der Waals surface area contributed by atoms with Crippen molar-refractivity contribution in [1.29, 1.82) is 0 Å². The third-order valence-corrected chi connectivity index (χ3v) is 2.36. The molecule has 2 aromatic rings. The highest BCUT2D eigenvalue weighted by Gasteiger charge is 2.14. The molecular weight excluding hydrogens is 221 g/mol. The maximum atomic E-state index is 13.3. The molecule has 0 bridgehead atoms. The normalized spacial score (nSPS) is 10.0. The number of ketones is 1. The van der Waals surface area contributed by atoms with Gasteiger partial charge in [-0.15, -0.1) is 0 Å². The van der Waals surface area contributed by atoms with Crippen LogP contribution >= 0.6 is 0 Å². The molecule has 1 heterocycles. The Labute approximate surface area is 97.9 Å². The van der Waals surface area contributed by atoms with E-state index < -0.39 is 11.7 Å². The molecule has 0 saturated heterocycles. The van der Waals surface area contributed by atoms with E-state index in [0.717, 1.165) is 0 Å². The van der Waals surface area contributed by atoms with Gasteiger partial charge in [0, 0.05) is 11.8 Å². The van der Waals surface area contributed by atoms with Crippen LogP contribution in [0.4, 0.5) is 4.39 Å². The Morgan fingerprint density at radius 1 is 1.24 bits per heavy atom. The van der Waals surface area contributed by atoms with Crippen molar-refractivity contribution >= 4 is 5.78 Å². The molecule has 0 aliphatic rings. The third-order valence-electron chi connectivity index (χ3n) is 2.36. The molecule has 1 aromatic heterocycles. The molecule has 2 rings (SSSR count). The molecule has 0 saturated carbocycles. The lowest BCUT2D eigenvalue weighted by atomic mass is 10.0. The van der Waals surface area contributed by atoms with Crippen molar-refractivity contribution in [2.24, 2.45) is 0 Å². The van der Waals surface area contributed by atoms with Crippen molar-refractivity contribution in [2.75, 3.05) is 7.11 Å². The molecule has 4 heteroatoms. The number of hydrogen-bond acceptors (Lipinski definition) is 3. The van der Waals surface area contributed by atoms with Crippen molar-refractivity contribution < 1.29 is 13.9 Å². The van der Waals surface area contributed by atoms with Crippen molar-refractivity contribution in [3.63, 3.8) is 0 Å². The standard InChI is InChI=1S/C13H10FNO2/c1-17-10-6-4-9(5-7-10)12(16)11-3-2-8-15-13(11)14/h2-8H,1H3. The number of methoxy groups -OCH3 is 1. The number of hydrogen-bond donors (Lipinski definition) is 0. The number of carbonyl (C=O) groups is 1. The van der Waals surface area contributed by atoms with Crippen LogP contribution in [0.3, 0.4) is 0 Å². The van der Waals surface area contributed by atoms with Gasteiger partial charge in [0.05, 0.1) is 12.7 Å². The van der Waals surface area contributed by atoms with Crippen LogP contribution in [-0.4, -0.2) is 17.9 Å². The summed E-state index contributed by atoms with van der Waals surface area (Å²) < 4.78 is 18.3. The minimum atomic E-state index is -0.756. The summed E-state index contributed by atoms with van der Waals surface area (Å²) in [5, 5.41) is 0. The summed E-state index contributed by atoms with van der Waals surface area (Å²) in [5.74, 6) is -0.500. The first-order chi connectivity index (χ1) is 8.22. The van der Waals surface area contributed by atoms with E-state index in [1.54, 1.807) is 24.3 Å².